The minimum atomic E-state index is -0.532. The number of aliphatic hydroxyl groups is 1. The first-order chi connectivity index (χ1) is 7.11. The summed E-state index contributed by atoms with van der Waals surface area (Å²) in [4.78, 5) is 2.69. The van der Waals surface area contributed by atoms with Crippen molar-refractivity contribution in [1.29, 1.82) is 0 Å². The van der Waals surface area contributed by atoms with Crippen molar-refractivity contribution in [1.82, 2.24) is 0 Å². The molecule has 0 radical (unpaired) electrons. The Kier molecular flexibility index (Phi) is 3.14. The summed E-state index contributed by atoms with van der Waals surface area (Å²) in [5.74, 6) is 0. The number of hydrogen-bond donors (Lipinski definition) is 2. The van der Waals surface area contributed by atoms with Crippen molar-refractivity contribution < 1.29 is 5.11 Å². The number of rotatable bonds is 3. The molecule has 84 valence electrons. The third kappa shape index (κ3) is 2.60. The van der Waals surface area contributed by atoms with E-state index in [1.54, 1.807) is 0 Å². The van der Waals surface area contributed by atoms with Crippen molar-refractivity contribution in [3.05, 3.63) is 21.9 Å². The van der Waals surface area contributed by atoms with Crippen LogP contribution in [0.3, 0.4) is 0 Å². The molecule has 1 aliphatic rings. The standard InChI is InChI=1S/C12H19NOS/c1-2-10-3-4-11(15-10)8-12(14)6-5-9(13)7-12/h3-4,9,14H,2,5-8,13H2,1H3. The predicted molar refractivity (Wildman–Crippen MR) is 64.2 cm³/mol. The fraction of sp³-hybridized carbons (Fsp3) is 0.667. The summed E-state index contributed by atoms with van der Waals surface area (Å²) in [7, 11) is 0. The highest BCUT2D eigenvalue weighted by Crippen LogP contribution is 2.33. The molecule has 3 N–H and O–H groups in total. The van der Waals surface area contributed by atoms with Gasteiger partial charge < -0.3 is 10.8 Å². The van der Waals surface area contributed by atoms with Gasteiger partial charge in [0, 0.05) is 22.2 Å². The molecule has 2 atom stereocenters. The van der Waals surface area contributed by atoms with Crippen LogP contribution in [0.25, 0.3) is 0 Å². The average Bonchev–Trinajstić information content (AvgIpc) is 2.74. The van der Waals surface area contributed by atoms with Crippen LogP contribution in [0.1, 0.15) is 35.9 Å². The molecule has 0 saturated heterocycles. The minimum absolute atomic E-state index is 0.195. The van der Waals surface area contributed by atoms with Crippen molar-refractivity contribution in [2.24, 2.45) is 5.73 Å². The van der Waals surface area contributed by atoms with Gasteiger partial charge in [0.15, 0.2) is 0 Å². The lowest BCUT2D eigenvalue weighted by molar-refractivity contribution is 0.0477. The molecule has 1 aliphatic carbocycles. The van der Waals surface area contributed by atoms with E-state index >= 15 is 0 Å². The van der Waals surface area contributed by atoms with E-state index in [4.69, 9.17) is 5.73 Å². The number of hydrogen-bond acceptors (Lipinski definition) is 3. The maximum absolute atomic E-state index is 10.3. The second-order valence-electron chi connectivity index (χ2n) is 4.63. The van der Waals surface area contributed by atoms with Crippen molar-refractivity contribution in [3.63, 3.8) is 0 Å². The fourth-order valence-electron chi connectivity index (χ4n) is 2.34. The van der Waals surface area contributed by atoms with Gasteiger partial charge in [-0.15, -0.1) is 11.3 Å². The van der Waals surface area contributed by atoms with E-state index in [1.165, 1.54) is 9.75 Å². The summed E-state index contributed by atoms with van der Waals surface area (Å²) < 4.78 is 0. The van der Waals surface area contributed by atoms with Crippen LogP contribution in [0.15, 0.2) is 12.1 Å². The number of aryl methyl sites for hydroxylation is 1. The second-order valence-corrected chi connectivity index (χ2v) is 5.88. The van der Waals surface area contributed by atoms with Crippen molar-refractivity contribution in [2.75, 3.05) is 0 Å². The topological polar surface area (TPSA) is 46.2 Å². The lowest BCUT2D eigenvalue weighted by atomic mass is 9.97. The van der Waals surface area contributed by atoms with Gasteiger partial charge in [0.2, 0.25) is 0 Å². The van der Waals surface area contributed by atoms with Crippen LogP contribution in [-0.2, 0) is 12.8 Å². The molecule has 3 heteroatoms. The van der Waals surface area contributed by atoms with Gasteiger partial charge in [0.05, 0.1) is 5.60 Å². The first-order valence-corrected chi connectivity index (χ1v) is 6.48. The number of thiophene rings is 1. The van der Waals surface area contributed by atoms with Gasteiger partial charge >= 0.3 is 0 Å². The lowest BCUT2D eigenvalue weighted by Crippen LogP contribution is -2.29. The Labute approximate surface area is 95.1 Å². The van der Waals surface area contributed by atoms with Crippen molar-refractivity contribution in [2.45, 2.75) is 50.7 Å². The summed E-state index contributed by atoms with van der Waals surface area (Å²) in [6.07, 6.45) is 4.44. The molecule has 1 aromatic rings. The van der Waals surface area contributed by atoms with Crippen LogP contribution >= 0.6 is 11.3 Å². The van der Waals surface area contributed by atoms with Gasteiger partial charge in [-0.05, 0) is 37.8 Å². The molecule has 15 heavy (non-hydrogen) atoms. The number of nitrogens with two attached hydrogens (primary N) is 1. The molecular weight excluding hydrogens is 206 g/mol. The zero-order valence-corrected chi connectivity index (χ0v) is 10.0. The van der Waals surface area contributed by atoms with Crippen LogP contribution < -0.4 is 5.73 Å². The summed E-state index contributed by atoms with van der Waals surface area (Å²) >= 11 is 1.82. The van der Waals surface area contributed by atoms with Gasteiger partial charge in [-0.25, -0.2) is 0 Å². The SMILES string of the molecule is CCc1ccc(CC2(O)CCC(N)C2)s1. The fourth-order valence-corrected chi connectivity index (χ4v) is 3.43. The van der Waals surface area contributed by atoms with Crippen LogP contribution in [0.2, 0.25) is 0 Å². The molecule has 0 aliphatic heterocycles. The molecule has 0 bridgehead atoms. The smallest absolute Gasteiger partial charge is 0.0711 e. The second kappa shape index (κ2) is 4.24. The van der Waals surface area contributed by atoms with Gasteiger partial charge in [0.25, 0.3) is 0 Å². The van der Waals surface area contributed by atoms with E-state index in [2.05, 4.69) is 19.1 Å². The largest absolute Gasteiger partial charge is 0.389 e. The molecule has 1 heterocycles. The van der Waals surface area contributed by atoms with Gasteiger partial charge in [-0.2, -0.15) is 0 Å². The van der Waals surface area contributed by atoms with E-state index in [9.17, 15) is 5.11 Å². The highest BCUT2D eigenvalue weighted by molar-refractivity contribution is 7.12. The zero-order chi connectivity index (χ0) is 10.9. The zero-order valence-electron chi connectivity index (χ0n) is 9.20. The molecule has 0 spiro atoms. The normalized spacial score (nSPS) is 31.0. The van der Waals surface area contributed by atoms with Crippen molar-refractivity contribution >= 4 is 11.3 Å². The molecule has 1 fully saturated rings. The molecular formula is C12H19NOS. The Bertz CT molecular complexity index is 336. The maximum atomic E-state index is 10.3. The molecule has 2 rings (SSSR count). The third-order valence-corrected chi connectivity index (χ3v) is 4.42. The Morgan fingerprint density at radius 1 is 1.53 bits per heavy atom. The van der Waals surface area contributed by atoms with E-state index in [-0.39, 0.29) is 6.04 Å². The van der Waals surface area contributed by atoms with E-state index < -0.39 is 5.60 Å². The first kappa shape index (κ1) is 11.1. The van der Waals surface area contributed by atoms with Gasteiger partial charge in [0.1, 0.15) is 0 Å². The average molecular weight is 225 g/mol. The quantitative estimate of drug-likeness (QED) is 0.827. The summed E-state index contributed by atoms with van der Waals surface area (Å²) in [5, 5.41) is 10.3. The Morgan fingerprint density at radius 2 is 2.27 bits per heavy atom. The molecule has 1 aromatic heterocycles. The molecule has 0 amide bonds. The Hall–Kier alpha value is -0.380. The molecule has 2 nitrogen and oxygen atoms in total. The highest BCUT2D eigenvalue weighted by atomic mass is 32.1. The molecule has 2 unspecified atom stereocenters. The van der Waals surface area contributed by atoms with Crippen LogP contribution in [0.5, 0.6) is 0 Å². The third-order valence-electron chi connectivity index (χ3n) is 3.19. The summed E-state index contributed by atoms with van der Waals surface area (Å²) in [6, 6.07) is 4.50. The van der Waals surface area contributed by atoms with Crippen molar-refractivity contribution in [3.8, 4) is 0 Å². The summed E-state index contributed by atoms with van der Waals surface area (Å²) in [5.41, 5.74) is 5.31. The molecule has 0 aromatic carbocycles. The highest BCUT2D eigenvalue weighted by Gasteiger charge is 2.35. The summed E-state index contributed by atoms with van der Waals surface area (Å²) in [6.45, 7) is 2.16. The Balaban J connectivity index is 2.02. The lowest BCUT2D eigenvalue weighted by Gasteiger charge is -2.21. The first-order valence-electron chi connectivity index (χ1n) is 5.67. The van der Waals surface area contributed by atoms with E-state index in [0.29, 0.717) is 0 Å². The molecule has 1 saturated carbocycles. The van der Waals surface area contributed by atoms with E-state index in [1.807, 2.05) is 11.3 Å². The maximum Gasteiger partial charge on any atom is 0.0711 e. The van der Waals surface area contributed by atoms with Crippen LogP contribution in [0, 0.1) is 0 Å². The van der Waals surface area contributed by atoms with E-state index in [0.717, 1.165) is 32.1 Å². The predicted octanol–water partition coefficient (Wildman–Crippen LogP) is 2.10. The van der Waals surface area contributed by atoms with Gasteiger partial charge in [-0.3, -0.25) is 0 Å². The monoisotopic (exact) mass is 225 g/mol. The van der Waals surface area contributed by atoms with Crippen LogP contribution in [0.4, 0.5) is 0 Å². The van der Waals surface area contributed by atoms with Crippen LogP contribution in [-0.4, -0.2) is 16.7 Å². The minimum Gasteiger partial charge on any atom is -0.389 e. The van der Waals surface area contributed by atoms with Gasteiger partial charge in [-0.1, -0.05) is 6.92 Å². The Morgan fingerprint density at radius 3 is 2.80 bits per heavy atom.